The van der Waals surface area contributed by atoms with Gasteiger partial charge in [-0.3, -0.25) is 0 Å². The smallest absolute Gasteiger partial charge is 0.245 e. The summed E-state index contributed by atoms with van der Waals surface area (Å²) in [5.74, 6) is 1.37. The van der Waals surface area contributed by atoms with E-state index in [0.29, 0.717) is 5.95 Å². The molecule has 0 spiro atoms. The largest absolute Gasteiger partial charge is 0.351 e. The fraction of sp³-hybridized carbons (Fsp3) is 0.250. The molecular weight excluding hydrogens is 310 g/mol. The molecule has 0 aliphatic heterocycles. The summed E-state index contributed by atoms with van der Waals surface area (Å²) in [6.45, 7) is 5.85. The Morgan fingerprint density at radius 3 is 2.36 bits per heavy atom. The number of hydrogen-bond acceptors (Lipinski definition) is 5. The molecular formula is C20H23N5. The second-order valence-electron chi connectivity index (χ2n) is 5.91. The monoisotopic (exact) mass is 333 g/mol. The Bertz CT molecular complexity index is 776. The summed E-state index contributed by atoms with van der Waals surface area (Å²) in [6, 6.07) is 20.7. The normalized spacial score (nSPS) is 11.8. The maximum atomic E-state index is 4.65. The molecule has 1 N–H and O–H groups in total. The summed E-state index contributed by atoms with van der Waals surface area (Å²) in [7, 11) is 0. The van der Waals surface area contributed by atoms with E-state index < -0.39 is 0 Å². The van der Waals surface area contributed by atoms with Crippen molar-refractivity contribution in [2.75, 3.05) is 16.8 Å². The summed E-state index contributed by atoms with van der Waals surface area (Å²) in [5, 5.41) is 11.6. The SMILES string of the molecule is CCN(Cc1ccccc1)c1cnnc(NC(C)c2ccccc2)n1. The molecule has 0 aliphatic rings. The second kappa shape index (κ2) is 8.24. The average molecular weight is 333 g/mol. The lowest BCUT2D eigenvalue weighted by Gasteiger charge is -2.22. The van der Waals surface area contributed by atoms with Gasteiger partial charge in [-0.15, -0.1) is 5.10 Å². The predicted molar refractivity (Wildman–Crippen MR) is 101 cm³/mol. The zero-order valence-corrected chi connectivity index (χ0v) is 14.6. The van der Waals surface area contributed by atoms with E-state index in [1.807, 2.05) is 24.3 Å². The second-order valence-corrected chi connectivity index (χ2v) is 5.91. The highest BCUT2D eigenvalue weighted by molar-refractivity contribution is 5.42. The quantitative estimate of drug-likeness (QED) is 0.706. The van der Waals surface area contributed by atoms with E-state index >= 15 is 0 Å². The topological polar surface area (TPSA) is 53.9 Å². The van der Waals surface area contributed by atoms with Gasteiger partial charge in [0, 0.05) is 13.1 Å². The molecule has 3 rings (SSSR count). The van der Waals surface area contributed by atoms with Crippen LogP contribution in [0.4, 0.5) is 11.8 Å². The zero-order valence-electron chi connectivity index (χ0n) is 14.6. The molecule has 5 heteroatoms. The van der Waals surface area contributed by atoms with E-state index in [1.165, 1.54) is 11.1 Å². The van der Waals surface area contributed by atoms with Crippen LogP contribution in [0.15, 0.2) is 66.9 Å². The van der Waals surface area contributed by atoms with Gasteiger partial charge in [0.1, 0.15) is 0 Å². The highest BCUT2D eigenvalue weighted by Crippen LogP contribution is 2.18. The Balaban J connectivity index is 1.73. The highest BCUT2D eigenvalue weighted by atomic mass is 15.3. The molecule has 1 atom stereocenters. The van der Waals surface area contributed by atoms with Gasteiger partial charge >= 0.3 is 0 Å². The van der Waals surface area contributed by atoms with Crippen molar-refractivity contribution in [2.24, 2.45) is 0 Å². The van der Waals surface area contributed by atoms with Crippen LogP contribution in [0.2, 0.25) is 0 Å². The number of aromatic nitrogens is 3. The van der Waals surface area contributed by atoms with Crippen LogP contribution < -0.4 is 10.2 Å². The first-order valence-electron chi connectivity index (χ1n) is 8.56. The first kappa shape index (κ1) is 16.9. The molecule has 0 amide bonds. The van der Waals surface area contributed by atoms with Crippen LogP contribution in [-0.2, 0) is 6.54 Å². The van der Waals surface area contributed by atoms with Crippen molar-refractivity contribution in [1.82, 2.24) is 15.2 Å². The van der Waals surface area contributed by atoms with E-state index in [1.54, 1.807) is 6.20 Å². The lowest BCUT2D eigenvalue weighted by atomic mass is 10.1. The molecule has 1 heterocycles. The number of hydrogen-bond donors (Lipinski definition) is 1. The number of benzene rings is 2. The molecule has 1 unspecified atom stereocenters. The van der Waals surface area contributed by atoms with Gasteiger partial charge in [-0.1, -0.05) is 60.7 Å². The molecule has 1 aromatic heterocycles. The number of nitrogens with zero attached hydrogens (tertiary/aromatic N) is 4. The highest BCUT2D eigenvalue weighted by Gasteiger charge is 2.11. The molecule has 0 saturated heterocycles. The van der Waals surface area contributed by atoms with Crippen LogP contribution in [0.25, 0.3) is 0 Å². The van der Waals surface area contributed by atoms with Crippen LogP contribution in [0.5, 0.6) is 0 Å². The molecule has 128 valence electrons. The minimum absolute atomic E-state index is 0.113. The first-order valence-corrected chi connectivity index (χ1v) is 8.56. The Morgan fingerprint density at radius 2 is 1.68 bits per heavy atom. The van der Waals surface area contributed by atoms with Crippen molar-refractivity contribution in [3.63, 3.8) is 0 Å². The first-order chi connectivity index (χ1) is 12.3. The van der Waals surface area contributed by atoms with Gasteiger partial charge in [0.25, 0.3) is 0 Å². The van der Waals surface area contributed by atoms with E-state index in [0.717, 1.165) is 18.9 Å². The van der Waals surface area contributed by atoms with Gasteiger partial charge in [-0.2, -0.15) is 10.1 Å². The maximum Gasteiger partial charge on any atom is 0.245 e. The van der Waals surface area contributed by atoms with Crippen LogP contribution in [-0.4, -0.2) is 21.7 Å². The molecule has 0 aliphatic carbocycles. The minimum atomic E-state index is 0.113. The van der Waals surface area contributed by atoms with Gasteiger partial charge in [0.15, 0.2) is 5.82 Å². The summed E-state index contributed by atoms with van der Waals surface area (Å²) < 4.78 is 0. The van der Waals surface area contributed by atoms with E-state index in [-0.39, 0.29) is 6.04 Å². The Hall–Kier alpha value is -2.95. The average Bonchev–Trinajstić information content (AvgIpc) is 2.68. The van der Waals surface area contributed by atoms with Crippen molar-refractivity contribution in [3.8, 4) is 0 Å². The molecule has 2 aromatic carbocycles. The van der Waals surface area contributed by atoms with E-state index in [2.05, 4.69) is 75.6 Å². The standard InChI is InChI=1S/C20H23N5/c1-3-25(15-17-10-6-4-7-11-17)19-14-21-24-20(23-19)22-16(2)18-12-8-5-9-13-18/h4-14,16H,3,15H2,1-2H3,(H,22,23,24). The molecule has 0 fully saturated rings. The third-order valence-corrected chi connectivity index (χ3v) is 4.11. The van der Waals surface area contributed by atoms with Crippen LogP contribution in [0.3, 0.4) is 0 Å². The third kappa shape index (κ3) is 4.53. The number of nitrogens with one attached hydrogen (secondary N) is 1. The van der Waals surface area contributed by atoms with Crippen molar-refractivity contribution >= 4 is 11.8 Å². The maximum absolute atomic E-state index is 4.65. The third-order valence-electron chi connectivity index (χ3n) is 4.11. The van der Waals surface area contributed by atoms with Gasteiger partial charge in [0.05, 0.1) is 12.2 Å². The summed E-state index contributed by atoms with van der Waals surface area (Å²) >= 11 is 0. The predicted octanol–water partition coefficient (Wildman–Crippen LogP) is 4.07. The van der Waals surface area contributed by atoms with E-state index in [4.69, 9.17) is 0 Å². The zero-order chi connectivity index (χ0) is 17.5. The van der Waals surface area contributed by atoms with Crippen molar-refractivity contribution in [2.45, 2.75) is 26.4 Å². The van der Waals surface area contributed by atoms with Crippen LogP contribution in [0, 0.1) is 0 Å². The summed E-state index contributed by atoms with van der Waals surface area (Å²) in [4.78, 5) is 6.83. The number of anilines is 2. The molecule has 3 aromatic rings. The molecule has 0 radical (unpaired) electrons. The van der Waals surface area contributed by atoms with Crippen molar-refractivity contribution in [3.05, 3.63) is 78.0 Å². The lowest BCUT2D eigenvalue weighted by molar-refractivity contribution is 0.785. The van der Waals surface area contributed by atoms with Gasteiger partial charge in [-0.05, 0) is 25.0 Å². The Labute approximate surface area is 148 Å². The molecule has 0 saturated carbocycles. The van der Waals surface area contributed by atoms with Gasteiger partial charge < -0.3 is 10.2 Å². The fourth-order valence-electron chi connectivity index (χ4n) is 2.69. The van der Waals surface area contributed by atoms with Crippen LogP contribution >= 0.6 is 0 Å². The van der Waals surface area contributed by atoms with Crippen molar-refractivity contribution in [1.29, 1.82) is 0 Å². The number of rotatable bonds is 7. The summed E-state index contributed by atoms with van der Waals surface area (Å²) in [5.41, 5.74) is 2.43. The lowest BCUT2D eigenvalue weighted by Crippen LogP contribution is -2.24. The molecule has 0 bridgehead atoms. The van der Waals surface area contributed by atoms with Gasteiger partial charge in [0.2, 0.25) is 5.95 Å². The Morgan fingerprint density at radius 1 is 1.00 bits per heavy atom. The fourth-order valence-corrected chi connectivity index (χ4v) is 2.69. The summed E-state index contributed by atoms with van der Waals surface area (Å²) in [6.07, 6.45) is 1.71. The van der Waals surface area contributed by atoms with Crippen LogP contribution in [0.1, 0.15) is 31.0 Å². The van der Waals surface area contributed by atoms with Crippen molar-refractivity contribution < 1.29 is 0 Å². The molecule has 5 nitrogen and oxygen atoms in total. The van der Waals surface area contributed by atoms with E-state index in [9.17, 15) is 0 Å². The Kier molecular flexibility index (Phi) is 5.57. The van der Waals surface area contributed by atoms with Gasteiger partial charge in [-0.25, -0.2) is 0 Å². The molecule has 25 heavy (non-hydrogen) atoms. The minimum Gasteiger partial charge on any atom is -0.351 e.